The average molecular weight is 503 g/mol. The van der Waals surface area contributed by atoms with E-state index in [4.69, 9.17) is 14.2 Å². The van der Waals surface area contributed by atoms with Crippen LogP contribution in [0.15, 0.2) is 83.5 Å². The maximum atomic E-state index is 13.4. The van der Waals surface area contributed by atoms with Crippen LogP contribution in [0.3, 0.4) is 0 Å². The smallest absolute Gasteiger partial charge is 0.283 e. The number of nitrogens with zero attached hydrogens (tertiary/aromatic N) is 2. The van der Waals surface area contributed by atoms with E-state index in [0.29, 0.717) is 34.5 Å². The molecule has 3 aromatic carbocycles. The molecule has 0 saturated heterocycles. The lowest BCUT2D eigenvalue weighted by Crippen LogP contribution is -2.30. The zero-order valence-corrected chi connectivity index (χ0v) is 21.1. The third kappa shape index (κ3) is 5.78. The first-order chi connectivity index (χ1) is 17.5. The third-order valence-electron chi connectivity index (χ3n) is 5.40. The van der Waals surface area contributed by atoms with Crippen LogP contribution < -0.4 is 19.1 Å². The first-order valence-corrected chi connectivity index (χ1v) is 12.3. The second kappa shape index (κ2) is 11.6. The Morgan fingerprint density at radius 1 is 0.889 bits per heavy atom. The highest BCUT2D eigenvalue weighted by atomic mass is 32.2. The van der Waals surface area contributed by atoms with Crippen LogP contribution in [0.2, 0.25) is 0 Å². The van der Waals surface area contributed by atoms with Gasteiger partial charge in [0.15, 0.2) is 11.0 Å². The SMILES string of the molecule is CCOc1ccc(N2C(=O)/C(=C\c3ccc(OC)cc3)N=C2SCC(=O)c2ccc(OC)cc2)cc1. The number of carbonyl (C=O) groups excluding carboxylic acids is 2. The Labute approximate surface area is 214 Å². The molecule has 0 bridgehead atoms. The number of benzene rings is 3. The summed E-state index contributed by atoms with van der Waals surface area (Å²) in [5.41, 5.74) is 2.31. The Kier molecular flexibility index (Phi) is 8.07. The summed E-state index contributed by atoms with van der Waals surface area (Å²) in [5, 5.41) is 0.436. The van der Waals surface area contributed by atoms with E-state index >= 15 is 0 Å². The van der Waals surface area contributed by atoms with Gasteiger partial charge in [0.2, 0.25) is 0 Å². The molecule has 4 rings (SSSR count). The van der Waals surface area contributed by atoms with Gasteiger partial charge >= 0.3 is 0 Å². The van der Waals surface area contributed by atoms with Gasteiger partial charge in [0.25, 0.3) is 5.91 Å². The molecule has 0 fully saturated rings. The number of hydrogen-bond donors (Lipinski definition) is 0. The highest BCUT2D eigenvalue weighted by Gasteiger charge is 2.32. The van der Waals surface area contributed by atoms with E-state index in [1.807, 2.05) is 43.3 Å². The van der Waals surface area contributed by atoms with Gasteiger partial charge in [0.05, 0.1) is 32.3 Å². The summed E-state index contributed by atoms with van der Waals surface area (Å²) >= 11 is 1.22. The Bertz CT molecular complexity index is 1280. The molecule has 1 aliphatic rings. The lowest BCUT2D eigenvalue weighted by atomic mass is 10.1. The number of aliphatic imine (C=N–C) groups is 1. The summed E-state index contributed by atoms with van der Waals surface area (Å²) in [5.74, 6) is 1.90. The van der Waals surface area contributed by atoms with Crippen molar-refractivity contribution in [3.8, 4) is 17.2 Å². The number of anilines is 1. The molecule has 0 saturated carbocycles. The van der Waals surface area contributed by atoms with E-state index < -0.39 is 0 Å². The zero-order chi connectivity index (χ0) is 25.5. The van der Waals surface area contributed by atoms with Gasteiger partial charge in [0.1, 0.15) is 22.9 Å². The van der Waals surface area contributed by atoms with Crippen molar-refractivity contribution in [3.63, 3.8) is 0 Å². The zero-order valence-electron chi connectivity index (χ0n) is 20.3. The molecule has 0 aliphatic carbocycles. The number of thioether (sulfide) groups is 1. The van der Waals surface area contributed by atoms with Crippen LogP contribution in [0.5, 0.6) is 17.2 Å². The van der Waals surface area contributed by atoms with Gasteiger partial charge in [-0.1, -0.05) is 23.9 Å². The van der Waals surface area contributed by atoms with E-state index in [-0.39, 0.29) is 23.1 Å². The van der Waals surface area contributed by atoms with Crippen LogP contribution in [0, 0.1) is 0 Å². The van der Waals surface area contributed by atoms with Crippen LogP contribution in [0.25, 0.3) is 6.08 Å². The van der Waals surface area contributed by atoms with E-state index in [2.05, 4.69) is 4.99 Å². The molecule has 7 nitrogen and oxygen atoms in total. The highest BCUT2D eigenvalue weighted by molar-refractivity contribution is 8.14. The largest absolute Gasteiger partial charge is 0.497 e. The van der Waals surface area contributed by atoms with Crippen LogP contribution in [-0.4, -0.2) is 43.4 Å². The lowest BCUT2D eigenvalue weighted by molar-refractivity contribution is -0.113. The number of methoxy groups -OCH3 is 2. The molecule has 36 heavy (non-hydrogen) atoms. The van der Waals surface area contributed by atoms with E-state index in [1.165, 1.54) is 16.7 Å². The van der Waals surface area contributed by atoms with Gasteiger partial charge in [0, 0.05) is 5.56 Å². The molecule has 1 amide bonds. The molecule has 0 unspecified atom stereocenters. The molecule has 8 heteroatoms. The van der Waals surface area contributed by atoms with Crippen LogP contribution in [-0.2, 0) is 4.79 Å². The summed E-state index contributed by atoms with van der Waals surface area (Å²) in [6.07, 6.45) is 1.72. The molecular weight excluding hydrogens is 476 g/mol. The topological polar surface area (TPSA) is 77.4 Å². The second-order valence-corrected chi connectivity index (χ2v) is 8.65. The van der Waals surface area contributed by atoms with Crippen molar-refractivity contribution >= 4 is 40.4 Å². The Morgan fingerprint density at radius 2 is 1.47 bits per heavy atom. The molecule has 1 aliphatic heterocycles. The fourth-order valence-corrected chi connectivity index (χ4v) is 4.43. The molecule has 0 spiro atoms. The first kappa shape index (κ1) is 25.1. The van der Waals surface area contributed by atoms with Crippen molar-refractivity contribution in [2.45, 2.75) is 6.92 Å². The van der Waals surface area contributed by atoms with Crippen LogP contribution in [0.4, 0.5) is 5.69 Å². The molecule has 1 heterocycles. The second-order valence-electron chi connectivity index (χ2n) is 7.70. The number of amides is 1. The quantitative estimate of drug-likeness (QED) is 0.286. The van der Waals surface area contributed by atoms with Crippen LogP contribution >= 0.6 is 11.8 Å². The van der Waals surface area contributed by atoms with Crippen molar-refractivity contribution in [2.24, 2.45) is 4.99 Å². The minimum Gasteiger partial charge on any atom is -0.497 e. The van der Waals surface area contributed by atoms with Crippen molar-refractivity contribution in [1.82, 2.24) is 0 Å². The normalized spacial score (nSPS) is 14.1. The fraction of sp³-hybridized carbons (Fsp3) is 0.179. The average Bonchev–Trinajstić information content (AvgIpc) is 3.23. The molecule has 0 radical (unpaired) electrons. The standard InChI is InChI=1S/C28H26N2O5S/c1-4-35-24-15-9-21(10-16-24)30-27(32)25(17-19-5-11-22(33-2)12-6-19)29-28(30)36-18-26(31)20-7-13-23(34-3)14-8-20/h5-17H,4,18H2,1-3H3/b25-17+. The van der Waals surface area contributed by atoms with Gasteiger partial charge in [-0.15, -0.1) is 0 Å². The molecule has 0 atom stereocenters. The van der Waals surface area contributed by atoms with Crippen molar-refractivity contribution in [2.75, 3.05) is 31.5 Å². The Balaban J connectivity index is 1.60. The summed E-state index contributed by atoms with van der Waals surface area (Å²) in [7, 11) is 3.18. The van der Waals surface area contributed by atoms with Gasteiger partial charge in [-0.25, -0.2) is 4.99 Å². The minimum absolute atomic E-state index is 0.0722. The highest BCUT2D eigenvalue weighted by Crippen LogP contribution is 2.31. The summed E-state index contributed by atoms with van der Waals surface area (Å²) in [6, 6.07) is 21.5. The predicted octanol–water partition coefficient (Wildman–Crippen LogP) is 5.46. The van der Waals surface area contributed by atoms with Crippen molar-refractivity contribution in [1.29, 1.82) is 0 Å². The number of ether oxygens (including phenoxy) is 3. The van der Waals surface area contributed by atoms with Gasteiger partial charge < -0.3 is 14.2 Å². The van der Waals surface area contributed by atoms with E-state index in [9.17, 15) is 9.59 Å². The number of rotatable bonds is 9. The monoisotopic (exact) mass is 502 g/mol. The Morgan fingerprint density at radius 3 is 2.06 bits per heavy atom. The number of carbonyl (C=O) groups is 2. The molecule has 3 aromatic rings. The van der Waals surface area contributed by atoms with Gasteiger partial charge in [-0.2, -0.15) is 0 Å². The van der Waals surface area contributed by atoms with Crippen molar-refractivity contribution in [3.05, 3.63) is 89.6 Å². The minimum atomic E-state index is -0.269. The number of Topliss-reactive ketones (excluding diaryl/α,β-unsaturated/α-hetero) is 1. The van der Waals surface area contributed by atoms with Gasteiger partial charge in [-0.3, -0.25) is 14.5 Å². The number of amidine groups is 1. The molecule has 0 aromatic heterocycles. The summed E-state index contributed by atoms with van der Waals surface area (Å²) in [6.45, 7) is 2.46. The maximum absolute atomic E-state index is 13.4. The maximum Gasteiger partial charge on any atom is 0.283 e. The van der Waals surface area contributed by atoms with Gasteiger partial charge in [-0.05, 0) is 79.2 Å². The number of ketones is 1. The summed E-state index contributed by atoms with van der Waals surface area (Å²) < 4.78 is 15.9. The predicted molar refractivity (Wildman–Crippen MR) is 143 cm³/mol. The molecule has 0 N–H and O–H groups in total. The summed E-state index contributed by atoms with van der Waals surface area (Å²) in [4.78, 5) is 32.4. The first-order valence-electron chi connectivity index (χ1n) is 11.3. The Hall–Kier alpha value is -4.04. The van der Waals surface area contributed by atoms with E-state index in [0.717, 1.165) is 11.3 Å². The lowest BCUT2D eigenvalue weighted by Gasteiger charge is -2.18. The molecule has 184 valence electrons. The number of hydrogen-bond acceptors (Lipinski definition) is 7. The third-order valence-corrected chi connectivity index (χ3v) is 6.34. The van der Waals surface area contributed by atoms with Crippen molar-refractivity contribution < 1.29 is 23.8 Å². The molecular formula is C28H26N2O5S. The fourth-order valence-electron chi connectivity index (χ4n) is 3.53. The van der Waals surface area contributed by atoms with E-state index in [1.54, 1.807) is 56.7 Å². The van der Waals surface area contributed by atoms with Crippen LogP contribution in [0.1, 0.15) is 22.8 Å².